The van der Waals surface area contributed by atoms with E-state index in [1.54, 1.807) is 6.08 Å². The number of rotatable bonds is 39. The molecule has 0 radical (unpaired) electrons. The first-order valence-electron chi connectivity index (χ1n) is 23.9. The minimum atomic E-state index is -5.38. The van der Waals surface area contributed by atoms with E-state index in [0.717, 1.165) is 96.3 Å². The van der Waals surface area contributed by atoms with Gasteiger partial charge in [-0.2, -0.15) is 0 Å². The maximum absolute atomic E-state index is 13.0. The summed E-state index contributed by atoms with van der Waals surface area (Å²) in [6, 6.07) is 0. The SMILES string of the molecule is CC/C=C/CC(O)/C=C/C=C/CCCCCCCC(=O)O[C@H](COC(=O)CCCCCCCCC/C=C\C/C=C\CCCCC)COP(=O)(O)O[C@H]1C(O)C(O)C(O)[C@@H](OP(=O)(O)O)C1O. The zero-order chi connectivity index (χ0) is 49.1. The molecule has 9 atom stereocenters. The Morgan fingerprint density at radius 2 is 1.11 bits per heavy atom. The molecule has 1 aliphatic rings. The van der Waals surface area contributed by atoms with E-state index in [1.807, 2.05) is 37.3 Å². The molecule has 0 saturated heterocycles. The van der Waals surface area contributed by atoms with Gasteiger partial charge in [0.25, 0.3) is 0 Å². The number of hydrogen-bond acceptors (Lipinski definition) is 14. The predicted octanol–water partition coefficient (Wildman–Crippen LogP) is 8.03. The van der Waals surface area contributed by atoms with E-state index < -0.39 is 89.6 Å². The van der Waals surface area contributed by atoms with Crippen molar-refractivity contribution in [3.05, 3.63) is 60.8 Å². The summed E-state index contributed by atoms with van der Waals surface area (Å²) in [4.78, 5) is 54.3. The number of allylic oxidation sites excluding steroid dienone is 8. The molecule has 0 amide bonds. The largest absolute Gasteiger partial charge is 0.472 e. The number of aliphatic hydroxyl groups is 5. The average Bonchev–Trinajstić information content (AvgIpc) is 3.26. The summed E-state index contributed by atoms with van der Waals surface area (Å²) in [7, 11) is -10.7. The standard InChI is InChI=1S/C47H82O17P2/c1-3-5-7-8-9-10-11-12-13-14-15-16-17-20-23-26-30-34-40(49)60-36-39(62-41(50)35-31-27-24-21-18-19-22-25-29-33-38(48)32-28-6-4-2)37-61-66(58,59)64-47-44(53)42(51)43(52)46(45(47)54)63-65(55,56)57/h6,9-10,12-13,22,25,28-29,33,38-39,42-48,51-54H,3-5,7-8,11,14-21,23-24,26-27,30-32,34-37H2,1-2H3,(H,58,59)(H2,55,56,57)/b10-9-,13-12-,25-22+,28-6+,33-29+/t38?,39-,42?,43?,44?,45?,46-,47+/m1/s1. The molecule has 0 aliphatic heterocycles. The van der Waals surface area contributed by atoms with E-state index in [-0.39, 0.29) is 12.8 Å². The smallest absolute Gasteiger partial charge is 0.462 e. The van der Waals surface area contributed by atoms with Crippen molar-refractivity contribution in [3.8, 4) is 0 Å². The third-order valence-corrected chi connectivity index (χ3v) is 12.2. The van der Waals surface area contributed by atoms with Gasteiger partial charge in [-0.05, 0) is 70.6 Å². The van der Waals surface area contributed by atoms with Crippen molar-refractivity contribution in [2.75, 3.05) is 13.2 Å². The zero-order valence-electron chi connectivity index (χ0n) is 39.2. The summed E-state index contributed by atoms with van der Waals surface area (Å²) in [6.45, 7) is 2.84. The van der Waals surface area contributed by atoms with Crippen LogP contribution >= 0.6 is 15.6 Å². The summed E-state index contributed by atoms with van der Waals surface area (Å²) < 4.78 is 49.3. The van der Waals surface area contributed by atoms with Crippen molar-refractivity contribution in [1.29, 1.82) is 0 Å². The number of hydrogen-bond donors (Lipinski definition) is 8. The molecule has 382 valence electrons. The van der Waals surface area contributed by atoms with Crippen LogP contribution in [0.4, 0.5) is 0 Å². The van der Waals surface area contributed by atoms with Crippen molar-refractivity contribution in [3.63, 3.8) is 0 Å². The highest BCUT2D eigenvalue weighted by Crippen LogP contribution is 2.49. The van der Waals surface area contributed by atoms with E-state index >= 15 is 0 Å². The van der Waals surface area contributed by atoms with Gasteiger partial charge in [-0.15, -0.1) is 0 Å². The summed E-state index contributed by atoms with van der Waals surface area (Å²) in [6.07, 6.45) is 25.0. The molecule has 0 aromatic heterocycles. The van der Waals surface area contributed by atoms with Crippen molar-refractivity contribution in [2.24, 2.45) is 0 Å². The van der Waals surface area contributed by atoms with Crippen LogP contribution in [-0.2, 0) is 41.8 Å². The maximum atomic E-state index is 13.0. The molecule has 66 heavy (non-hydrogen) atoms. The van der Waals surface area contributed by atoms with Crippen LogP contribution < -0.4 is 0 Å². The molecular weight excluding hydrogens is 898 g/mol. The van der Waals surface area contributed by atoms with Gasteiger partial charge >= 0.3 is 27.6 Å². The Labute approximate surface area is 392 Å². The van der Waals surface area contributed by atoms with Crippen LogP contribution in [-0.4, -0.2) is 114 Å². The molecule has 0 bridgehead atoms. The summed E-state index contributed by atoms with van der Waals surface area (Å²) in [5.74, 6) is -1.27. The van der Waals surface area contributed by atoms with Crippen LogP contribution in [0, 0.1) is 0 Å². The summed E-state index contributed by atoms with van der Waals surface area (Å²) in [5.41, 5.74) is 0. The lowest BCUT2D eigenvalue weighted by molar-refractivity contribution is -0.216. The number of phosphoric acid groups is 2. The first-order valence-corrected chi connectivity index (χ1v) is 27.0. The van der Waals surface area contributed by atoms with Gasteiger partial charge in [0.15, 0.2) is 6.10 Å². The summed E-state index contributed by atoms with van der Waals surface area (Å²) in [5, 5.41) is 51.1. The van der Waals surface area contributed by atoms with E-state index in [4.69, 9.17) is 18.5 Å². The molecule has 19 heteroatoms. The van der Waals surface area contributed by atoms with Crippen molar-refractivity contribution in [2.45, 2.75) is 210 Å². The van der Waals surface area contributed by atoms with Crippen LogP contribution in [0.1, 0.15) is 162 Å². The molecule has 1 fully saturated rings. The lowest BCUT2D eigenvalue weighted by atomic mass is 9.85. The van der Waals surface area contributed by atoms with E-state index in [9.17, 15) is 58.9 Å². The Morgan fingerprint density at radius 1 is 0.576 bits per heavy atom. The number of esters is 2. The molecule has 1 aliphatic carbocycles. The molecule has 8 N–H and O–H groups in total. The second-order valence-corrected chi connectivity index (χ2v) is 19.2. The molecule has 0 aromatic rings. The number of aliphatic hydroxyl groups excluding tert-OH is 5. The van der Waals surface area contributed by atoms with E-state index in [2.05, 4.69) is 35.8 Å². The number of carbonyl (C=O) groups excluding carboxylic acids is 2. The summed E-state index contributed by atoms with van der Waals surface area (Å²) >= 11 is 0. The van der Waals surface area contributed by atoms with Crippen LogP contribution in [0.25, 0.3) is 0 Å². The Bertz CT molecular complexity index is 1530. The van der Waals surface area contributed by atoms with Crippen LogP contribution in [0.2, 0.25) is 0 Å². The third-order valence-electron chi connectivity index (χ3n) is 10.7. The highest BCUT2D eigenvalue weighted by Gasteiger charge is 2.54. The van der Waals surface area contributed by atoms with Gasteiger partial charge in [0, 0.05) is 12.8 Å². The van der Waals surface area contributed by atoms with E-state index in [1.165, 1.54) is 19.3 Å². The highest BCUT2D eigenvalue weighted by atomic mass is 31.2. The third kappa shape index (κ3) is 31.7. The zero-order valence-corrected chi connectivity index (χ0v) is 41.0. The number of ether oxygens (including phenoxy) is 2. The van der Waals surface area contributed by atoms with E-state index in [0.29, 0.717) is 19.3 Å². The fraction of sp³-hybridized carbons (Fsp3) is 0.745. The van der Waals surface area contributed by atoms with Gasteiger partial charge in [0.1, 0.15) is 43.2 Å². The lowest BCUT2D eigenvalue weighted by Gasteiger charge is -2.43. The van der Waals surface area contributed by atoms with Crippen molar-refractivity contribution < 1.29 is 82.0 Å². The van der Waals surface area contributed by atoms with Crippen molar-refractivity contribution in [1.82, 2.24) is 0 Å². The van der Waals surface area contributed by atoms with Gasteiger partial charge in [-0.3, -0.25) is 23.2 Å². The second-order valence-electron chi connectivity index (χ2n) is 16.6. The fourth-order valence-corrected chi connectivity index (χ4v) is 8.45. The minimum absolute atomic E-state index is 0.00656. The first-order chi connectivity index (χ1) is 31.5. The second kappa shape index (κ2) is 37.5. The molecular formula is C47H82O17P2. The van der Waals surface area contributed by atoms with Crippen LogP contribution in [0.15, 0.2) is 60.8 Å². The number of phosphoric ester groups is 2. The highest BCUT2D eigenvalue weighted by molar-refractivity contribution is 7.47. The molecule has 0 aromatic carbocycles. The van der Waals surface area contributed by atoms with Gasteiger partial charge < -0.3 is 49.7 Å². The van der Waals surface area contributed by atoms with Gasteiger partial charge in [-0.25, -0.2) is 9.13 Å². The quantitative estimate of drug-likeness (QED) is 0.00951. The minimum Gasteiger partial charge on any atom is -0.462 e. The predicted molar refractivity (Wildman–Crippen MR) is 252 cm³/mol. The Morgan fingerprint density at radius 3 is 1.68 bits per heavy atom. The monoisotopic (exact) mass is 981 g/mol. The molecule has 0 heterocycles. The molecule has 17 nitrogen and oxygen atoms in total. The molecule has 6 unspecified atom stereocenters. The number of carbonyl (C=O) groups is 2. The Hall–Kier alpha value is -2.34. The number of unbranched alkanes of at least 4 members (excludes halogenated alkanes) is 15. The maximum Gasteiger partial charge on any atom is 0.472 e. The topological polar surface area (TPSA) is 276 Å². The van der Waals surface area contributed by atoms with Crippen LogP contribution in [0.5, 0.6) is 0 Å². The van der Waals surface area contributed by atoms with Gasteiger partial charge in [-0.1, -0.05) is 139 Å². The first kappa shape index (κ1) is 61.7. The Kier molecular flexibility index (Phi) is 35.1. The fourth-order valence-electron chi connectivity index (χ4n) is 6.91. The molecule has 1 saturated carbocycles. The molecule has 1 rings (SSSR count). The normalized spacial score (nSPS) is 22.5. The van der Waals surface area contributed by atoms with Gasteiger partial charge in [0.2, 0.25) is 0 Å². The molecule has 0 spiro atoms. The Balaban J connectivity index is 2.62. The van der Waals surface area contributed by atoms with Gasteiger partial charge in [0.05, 0.1) is 12.7 Å². The average molecular weight is 981 g/mol. The van der Waals surface area contributed by atoms with Crippen LogP contribution in [0.3, 0.4) is 0 Å². The lowest BCUT2D eigenvalue weighted by Crippen LogP contribution is -2.64. The van der Waals surface area contributed by atoms with Crippen molar-refractivity contribution >= 4 is 27.6 Å².